The van der Waals surface area contributed by atoms with E-state index in [1.807, 2.05) is 0 Å². The topological polar surface area (TPSA) is 63.7 Å². The van der Waals surface area contributed by atoms with E-state index in [9.17, 15) is 13.2 Å². The van der Waals surface area contributed by atoms with E-state index in [4.69, 9.17) is 4.74 Å². The van der Waals surface area contributed by atoms with Gasteiger partial charge >= 0.3 is 5.97 Å². The lowest BCUT2D eigenvalue weighted by molar-refractivity contribution is -0.137. The molecular weight excluding hydrogens is 314 g/mol. The zero-order valence-corrected chi connectivity index (χ0v) is 14.2. The zero-order valence-electron chi connectivity index (χ0n) is 13.4. The molecule has 0 spiro atoms. The predicted octanol–water partition coefficient (Wildman–Crippen LogP) is 2.83. The van der Waals surface area contributed by atoms with E-state index in [1.54, 1.807) is 41.6 Å². The average Bonchev–Trinajstić information content (AvgIpc) is 2.83. The van der Waals surface area contributed by atoms with Gasteiger partial charge in [0, 0.05) is 19.2 Å². The van der Waals surface area contributed by atoms with Gasteiger partial charge in [-0.2, -0.15) is 4.31 Å². The number of sulfonamides is 1. The second-order valence-corrected chi connectivity index (χ2v) is 7.41. The van der Waals surface area contributed by atoms with Crippen molar-refractivity contribution < 1.29 is 17.9 Å². The number of hydrogen-bond donors (Lipinski definition) is 0. The Bertz CT molecular complexity index is 642. The summed E-state index contributed by atoms with van der Waals surface area (Å²) in [5, 5.41) is 0. The van der Waals surface area contributed by atoms with E-state index < -0.39 is 16.0 Å². The quantitative estimate of drug-likeness (QED) is 0.612. The second-order valence-electron chi connectivity index (χ2n) is 5.47. The molecule has 0 aliphatic carbocycles. The van der Waals surface area contributed by atoms with Crippen LogP contribution in [-0.4, -0.2) is 38.4 Å². The van der Waals surface area contributed by atoms with Gasteiger partial charge in [-0.15, -0.1) is 0 Å². The lowest BCUT2D eigenvalue weighted by Gasteiger charge is -2.19. The summed E-state index contributed by atoms with van der Waals surface area (Å²) < 4.78 is 31.7. The fourth-order valence-corrected chi connectivity index (χ4v) is 4.05. The van der Waals surface area contributed by atoms with Crippen LogP contribution in [-0.2, 0) is 19.6 Å². The van der Waals surface area contributed by atoms with E-state index in [2.05, 4.69) is 0 Å². The van der Waals surface area contributed by atoms with Crippen LogP contribution in [0.25, 0.3) is 6.08 Å². The molecule has 5 nitrogen and oxygen atoms in total. The molecule has 1 aliphatic rings. The molecule has 6 heteroatoms. The minimum atomic E-state index is -3.42. The highest BCUT2D eigenvalue weighted by Crippen LogP contribution is 2.20. The van der Waals surface area contributed by atoms with Gasteiger partial charge in [-0.3, -0.25) is 0 Å². The predicted molar refractivity (Wildman–Crippen MR) is 89.3 cm³/mol. The first-order chi connectivity index (χ1) is 11.0. The number of benzene rings is 1. The van der Waals surface area contributed by atoms with Crippen LogP contribution in [0.4, 0.5) is 0 Å². The summed E-state index contributed by atoms with van der Waals surface area (Å²) in [7, 11) is -3.42. The summed E-state index contributed by atoms with van der Waals surface area (Å²) in [6.07, 6.45) is 6.95. The molecule has 1 saturated heterocycles. The van der Waals surface area contributed by atoms with E-state index in [1.165, 1.54) is 6.08 Å². The van der Waals surface area contributed by atoms with Gasteiger partial charge in [0.05, 0.1) is 11.5 Å². The molecule has 0 unspecified atom stereocenters. The third kappa shape index (κ3) is 4.91. The Kier molecular flexibility index (Phi) is 6.36. The maximum atomic E-state index is 12.6. The molecule has 1 aromatic rings. The van der Waals surface area contributed by atoms with Crippen LogP contribution in [0.5, 0.6) is 0 Å². The van der Waals surface area contributed by atoms with Crippen LogP contribution in [0, 0.1) is 0 Å². The summed E-state index contributed by atoms with van der Waals surface area (Å²) in [5.74, 6) is -0.409. The van der Waals surface area contributed by atoms with Crippen LogP contribution in [0.1, 0.15) is 38.2 Å². The average molecular weight is 337 g/mol. The Morgan fingerprint density at radius 1 is 1.13 bits per heavy atom. The van der Waals surface area contributed by atoms with Crippen molar-refractivity contribution in [3.05, 3.63) is 35.9 Å². The molecule has 1 aliphatic heterocycles. The first kappa shape index (κ1) is 17.7. The number of carbonyl (C=O) groups excluding carboxylic acids is 1. The van der Waals surface area contributed by atoms with Crippen LogP contribution in [0.15, 0.2) is 35.2 Å². The monoisotopic (exact) mass is 337 g/mol. The maximum absolute atomic E-state index is 12.6. The van der Waals surface area contributed by atoms with Crippen molar-refractivity contribution in [1.29, 1.82) is 0 Å². The molecule has 1 fully saturated rings. The van der Waals surface area contributed by atoms with Gasteiger partial charge in [-0.05, 0) is 43.5 Å². The van der Waals surface area contributed by atoms with Gasteiger partial charge in [-0.1, -0.05) is 25.0 Å². The summed E-state index contributed by atoms with van der Waals surface area (Å²) >= 11 is 0. The van der Waals surface area contributed by atoms with E-state index in [0.717, 1.165) is 31.2 Å². The SMILES string of the molecule is CCOC(=O)/C=C/c1ccc(S(=O)(=O)N2CCCCCC2)cc1. The molecule has 0 bridgehead atoms. The van der Waals surface area contributed by atoms with Crippen LogP contribution in [0.2, 0.25) is 0 Å². The molecule has 0 aromatic heterocycles. The Labute approximate surface area is 138 Å². The maximum Gasteiger partial charge on any atom is 0.330 e. The smallest absolute Gasteiger partial charge is 0.330 e. The van der Waals surface area contributed by atoms with Crippen molar-refractivity contribution in [1.82, 2.24) is 4.31 Å². The Hall–Kier alpha value is -1.66. The fourth-order valence-electron chi connectivity index (χ4n) is 2.54. The minimum absolute atomic E-state index is 0.299. The molecule has 126 valence electrons. The lowest BCUT2D eigenvalue weighted by atomic mass is 10.2. The van der Waals surface area contributed by atoms with Gasteiger partial charge in [0.1, 0.15) is 0 Å². The summed E-state index contributed by atoms with van der Waals surface area (Å²) in [6, 6.07) is 6.57. The van der Waals surface area contributed by atoms with Crippen molar-refractivity contribution in [2.24, 2.45) is 0 Å². The third-order valence-electron chi connectivity index (χ3n) is 3.78. The van der Waals surface area contributed by atoms with Crippen molar-refractivity contribution in [3.8, 4) is 0 Å². The normalized spacial score (nSPS) is 17.1. The minimum Gasteiger partial charge on any atom is -0.463 e. The number of ether oxygens (including phenoxy) is 1. The molecule has 0 N–H and O–H groups in total. The van der Waals surface area contributed by atoms with Crippen LogP contribution in [0.3, 0.4) is 0 Å². The Balaban J connectivity index is 2.10. The van der Waals surface area contributed by atoms with Crippen molar-refractivity contribution >= 4 is 22.1 Å². The van der Waals surface area contributed by atoms with Gasteiger partial charge in [0.25, 0.3) is 0 Å². The van der Waals surface area contributed by atoms with E-state index >= 15 is 0 Å². The molecule has 0 atom stereocenters. The zero-order chi connectivity index (χ0) is 16.7. The van der Waals surface area contributed by atoms with Crippen LogP contribution < -0.4 is 0 Å². The highest BCUT2D eigenvalue weighted by atomic mass is 32.2. The number of nitrogens with zero attached hydrogens (tertiary/aromatic N) is 1. The summed E-state index contributed by atoms with van der Waals surface area (Å²) in [5.41, 5.74) is 0.757. The molecule has 0 amide bonds. The molecule has 0 saturated carbocycles. The highest BCUT2D eigenvalue weighted by Gasteiger charge is 2.24. The van der Waals surface area contributed by atoms with Gasteiger partial charge in [-0.25, -0.2) is 13.2 Å². The largest absolute Gasteiger partial charge is 0.463 e. The fraction of sp³-hybridized carbons (Fsp3) is 0.471. The second kappa shape index (κ2) is 8.26. The Morgan fingerprint density at radius 2 is 1.74 bits per heavy atom. The van der Waals surface area contributed by atoms with Crippen molar-refractivity contribution in [3.63, 3.8) is 0 Å². The Morgan fingerprint density at radius 3 is 2.30 bits per heavy atom. The lowest BCUT2D eigenvalue weighted by Crippen LogP contribution is -2.31. The number of rotatable bonds is 5. The first-order valence-corrected chi connectivity index (χ1v) is 9.43. The first-order valence-electron chi connectivity index (χ1n) is 7.99. The number of hydrogen-bond acceptors (Lipinski definition) is 4. The van der Waals surface area contributed by atoms with E-state index in [-0.39, 0.29) is 0 Å². The van der Waals surface area contributed by atoms with E-state index in [0.29, 0.717) is 24.6 Å². The van der Waals surface area contributed by atoms with Crippen molar-refractivity contribution in [2.75, 3.05) is 19.7 Å². The molecule has 2 rings (SSSR count). The standard InChI is InChI=1S/C17H23NO4S/c1-2-22-17(19)12-9-15-7-10-16(11-8-15)23(20,21)18-13-5-3-4-6-14-18/h7-12H,2-6,13-14H2,1H3/b12-9+. The third-order valence-corrected chi connectivity index (χ3v) is 5.69. The van der Waals surface area contributed by atoms with Gasteiger partial charge in [0.15, 0.2) is 0 Å². The molecule has 1 aromatic carbocycles. The molecule has 0 radical (unpaired) electrons. The molecular formula is C17H23NO4S. The highest BCUT2D eigenvalue weighted by molar-refractivity contribution is 7.89. The summed E-state index contributed by atoms with van der Waals surface area (Å²) in [4.78, 5) is 11.6. The van der Waals surface area contributed by atoms with Gasteiger partial charge < -0.3 is 4.74 Å². The molecule has 1 heterocycles. The van der Waals surface area contributed by atoms with Crippen LogP contribution >= 0.6 is 0 Å². The van der Waals surface area contributed by atoms with Crippen molar-refractivity contribution in [2.45, 2.75) is 37.5 Å². The number of esters is 1. The number of carbonyl (C=O) groups is 1. The van der Waals surface area contributed by atoms with Gasteiger partial charge in [0.2, 0.25) is 10.0 Å². The summed E-state index contributed by atoms with van der Waals surface area (Å²) in [6.45, 7) is 3.25. The molecule has 23 heavy (non-hydrogen) atoms.